The Morgan fingerprint density at radius 1 is 1.15 bits per heavy atom. The number of aryl methyl sites for hydroxylation is 2. The highest BCUT2D eigenvalue weighted by atomic mass is 16.5. The van der Waals surface area contributed by atoms with Gasteiger partial charge in [-0.3, -0.25) is 4.79 Å². The third kappa shape index (κ3) is 3.41. The van der Waals surface area contributed by atoms with Gasteiger partial charge in [0.1, 0.15) is 5.75 Å². The van der Waals surface area contributed by atoms with Gasteiger partial charge in [-0.25, -0.2) is 0 Å². The second kappa shape index (κ2) is 6.92. The van der Waals surface area contributed by atoms with Gasteiger partial charge in [-0.1, -0.05) is 26.2 Å². The van der Waals surface area contributed by atoms with Crippen molar-refractivity contribution in [3.63, 3.8) is 0 Å². The lowest BCUT2D eigenvalue weighted by molar-refractivity contribution is 0.0889. The van der Waals surface area contributed by atoms with Crippen LogP contribution in [0.3, 0.4) is 0 Å². The van der Waals surface area contributed by atoms with E-state index in [1.807, 2.05) is 26.0 Å². The molecule has 1 saturated carbocycles. The third-order valence-electron chi connectivity index (χ3n) is 4.23. The SMILES string of the molecule is CCCOc1cc(C)c(C(=O)C2CCCCC2)cc1C. The monoisotopic (exact) mass is 274 g/mol. The summed E-state index contributed by atoms with van der Waals surface area (Å²) in [6.07, 6.45) is 6.81. The van der Waals surface area contributed by atoms with Crippen molar-refractivity contribution in [1.82, 2.24) is 0 Å². The molecule has 2 heteroatoms. The van der Waals surface area contributed by atoms with E-state index in [2.05, 4.69) is 6.92 Å². The number of benzene rings is 1. The van der Waals surface area contributed by atoms with Gasteiger partial charge in [0.05, 0.1) is 6.61 Å². The quantitative estimate of drug-likeness (QED) is 0.717. The molecule has 1 aliphatic carbocycles. The van der Waals surface area contributed by atoms with Crippen LogP contribution in [-0.4, -0.2) is 12.4 Å². The molecule has 2 rings (SSSR count). The predicted octanol–water partition coefficient (Wildman–Crippen LogP) is 4.86. The molecule has 0 amide bonds. The standard InChI is InChI=1S/C18H26O2/c1-4-10-20-17-12-13(2)16(11-14(17)3)18(19)15-8-6-5-7-9-15/h11-12,15H,4-10H2,1-3H3. The van der Waals surface area contributed by atoms with Crippen LogP contribution >= 0.6 is 0 Å². The van der Waals surface area contributed by atoms with Crippen LogP contribution in [0.15, 0.2) is 12.1 Å². The highest BCUT2D eigenvalue weighted by Crippen LogP contribution is 2.30. The van der Waals surface area contributed by atoms with Crippen LogP contribution in [0, 0.1) is 19.8 Å². The van der Waals surface area contributed by atoms with E-state index in [4.69, 9.17) is 4.74 Å². The first-order valence-electron chi connectivity index (χ1n) is 7.91. The van der Waals surface area contributed by atoms with Gasteiger partial charge in [-0.05, 0) is 56.4 Å². The molecule has 1 aromatic carbocycles. The molecule has 0 saturated heterocycles. The zero-order valence-corrected chi connectivity index (χ0v) is 13.0. The molecule has 0 atom stereocenters. The van der Waals surface area contributed by atoms with E-state index in [-0.39, 0.29) is 5.92 Å². The molecule has 110 valence electrons. The molecule has 1 aliphatic rings. The smallest absolute Gasteiger partial charge is 0.166 e. The number of hydrogen-bond acceptors (Lipinski definition) is 2. The molecule has 0 aromatic heterocycles. The van der Waals surface area contributed by atoms with Crippen molar-refractivity contribution in [2.45, 2.75) is 59.3 Å². The maximum atomic E-state index is 12.7. The largest absolute Gasteiger partial charge is 0.493 e. The van der Waals surface area contributed by atoms with Crippen LogP contribution in [0.5, 0.6) is 5.75 Å². The zero-order valence-electron chi connectivity index (χ0n) is 13.0. The average molecular weight is 274 g/mol. The van der Waals surface area contributed by atoms with Crippen LogP contribution in [-0.2, 0) is 0 Å². The maximum absolute atomic E-state index is 12.7. The van der Waals surface area contributed by atoms with E-state index < -0.39 is 0 Å². The average Bonchev–Trinajstić information content (AvgIpc) is 2.48. The van der Waals surface area contributed by atoms with Crippen molar-refractivity contribution < 1.29 is 9.53 Å². The van der Waals surface area contributed by atoms with Gasteiger partial charge in [-0.2, -0.15) is 0 Å². The Morgan fingerprint density at radius 2 is 1.85 bits per heavy atom. The van der Waals surface area contributed by atoms with Crippen molar-refractivity contribution in [2.24, 2.45) is 5.92 Å². The summed E-state index contributed by atoms with van der Waals surface area (Å²) in [7, 11) is 0. The summed E-state index contributed by atoms with van der Waals surface area (Å²) in [5.41, 5.74) is 3.03. The Kier molecular flexibility index (Phi) is 5.22. The number of rotatable bonds is 5. The summed E-state index contributed by atoms with van der Waals surface area (Å²) in [4.78, 5) is 12.7. The van der Waals surface area contributed by atoms with E-state index in [0.29, 0.717) is 5.78 Å². The maximum Gasteiger partial charge on any atom is 0.166 e. The first kappa shape index (κ1) is 15.1. The molecule has 0 bridgehead atoms. The second-order valence-corrected chi connectivity index (χ2v) is 5.98. The molecule has 0 heterocycles. The van der Waals surface area contributed by atoms with E-state index >= 15 is 0 Å². The topological polar surface area (TPSA) is 26.3 Å². The molecule has 0 spiro atoms. The molecule has 1 aromatic rings. The lowest BCUT2D eigenvalue weighted by atomic mass is 9.82. The molecular weight excluding hydrogens is 248 g/mol. The number of carbonyl (C=O) groups is 1. The van der Waals surface area contributed by atoms with Gasteiger partial charge < -0.3 is 4.74 Å². The molecule has 2 nitrogen and oxygen atoms in total. The Hall–Kier alpha value is -1.31. The zero-order chi connectivity index (χ0) is 14.5. The number of hydrogen-bond donors (Lipinski definition) is 0. The third-order valence-corrected chi connectivity index (χ3v) is 4.23. The second-order valence-electron chi connectivity index (χ2n) is 5.98. The molecule has 0 aliphatic heterocycles. The Balaban J connectivity index is 2.19. The number of Topliss-reactive ketones (excluding diaryl/α,β-unsaturated/α-hetero) is 1. The van der Waals surface area contributed by atoms with Crippen molar-refractivity contribution in [2.75, 3.05) is 6.61 Å². The predicted molar refractivity (Wildman–Crippen MR) is 82.6 cm³/mol. The fourth-order valence-electron chi connectivity index (χ4n) is 3.01. The summed E-state index contributed by atoms with van der Waals surface area (Å²) < 4.78 is 5.74. The number of ether oxygens (including phenoxy) is 1. The minimum atomic E-state index is 0.240. The lowest BCUT2D eigenvalue weighted by Gasteiger charge is -2.21. The summed E-state index contributed by atoms with van der Waals surface area (Å²) in [6.45, 7) is 6.88. The van der Waals surface area contributed by atoms with Crippen molar-refractivity contribution in [3.05, 3.63) is 28.8 Å². The molecule has 0 radical (unpaired) electrons. The van der Waals surface area contributed by atoms with Crippen LogP contribution in [0.2, 0.25) is 0 Å². The van der Waals surface area contributed by atoms with Gasteiger partial charge in [0, 0.05) is 11.5 Å². The van der Waals surface area contributed by atoms with Crippen LogP contribution in [0.1, 0.15) is 66.9 Å². The van der Waals surface area contributed by atoms with E-state index in [1.54, 1.807) is 0 Å². The summed E-state index contributed by atoms with van der Waals surface area (Å²) in [6, 6.07) is 4.05. The first-order chi connectivity index (χ1) is 9.63. The van der Waals surface area contributed by atoms with E-state index in [9.17, 15) is 4.79 Å². The highest BCUT2D eigenvalue weighted by molar-refractivity contribution is 5.99. The van der Waals surface area contributed by atoms with Crippen LogP contribution in [0.4, 0.5) is 0 Å². The van der Waals surface area contributed by atoms with Gasteiger partial charge in [0.25, 0.3) is 0 Å². The molecule has 0 N–H and O–H groups in total. The minimum absolute atomic E-state index is 0.240. The summed E-state index contributed by atoms with van der Waals surface area (Å²) in [5, 5.41) is 0. The molecule has 1 fully saturated rings. The van der Waals surface area contributed by atoms with Gasteiger partial charge in [0.15, 0.2) is 5.78 Å². The number of ketones is 1. The summed E-state index contributed by atoms with van der Waals surface area (Å²) in [5.74, 6) is 1.50. The molecule has 20 heavy (non-hydrogen) atoms. The van der Waals surface area contributed by atoms with Crippen molar-refractivity contribution >= 4 is 5.78 Å². The number of carbonyl (C=O) groups excluding carboxylic acids is 1. The van der Waals surface area contributed by atoms with Gasteiger partial charge in [0.2, 0.25) is 0 Å². The van der Waals surface area contributed by atoms with Crippen LogP contribution < -0.4 is 4.74 Å². The fraction of sp³-hybridized carbons (Fsp3) is 0.611. The van der Waals surface area contributed by atoms with Crippen LogP contribution in [0.25, 0.3) is 0 Å². The van der Waals surface area contributed by atoms with E-state index in [1.165, 1.54) is 19.3 Å². The van der Waals surface area contributed by atoms with Gasteiger partial charge >= 0.3 is 0 Å². The Bertz CT molecular complexity index is 471. The summed E-state index contributed by atoms with van der Waals surface area (Å²) >= 11 is 0. The first-order valence-corrected chi connectivity index (χ1v) is 7.91. The van der Waals surface area contributed by atoms with Crippen molar-refractivity contribution in [1.29, 1.82) is 0 Å². The Morgan fingerprint density at radius 3 is 2.50 bits per heavy atom. The minimum Gasteiger partial charge on any atom is -0.493 e. The fourth-order valence-corrected chi connectivity index (χ4v) is 3.01. The molecular formula is C18H26O2. The van der Waals surface area contributed by atoms with Gasteiger partial charge in [-0.15, -0.1) is 0 Å². The highest BCUT2D eigenvalue weighted by Gasteiger charge is 2.24. The lowest BCUT2D eigenvalue weighted by Crippen LogP contribution is -2.19. The normalized spacial score (nSPS) is 16.1. The van der Waals surface area contributed by atoms with E-state index in [0.717, 1.165) is 48.3 Å². The van der Waals surface area contributed by atoms with Crippen molar-refractivity contribution in [3.8, 4) is 5.75 Å². The molecule has 0 unspecified atom stereocenters. The Labute approximate surface area is 122 Å².